The van der Waals surface area contributed by atoms with Gasteiger partial charge in [-0.2, -0.15) is 0 Å². The molecule has 0 bridgehead atoms. The van der Waals surface area contributed by atoms with Crippen LogP contribution < -0.4 is 5.56 Å². The van der Waals surface area contributed by atoms with Crippen LogP contribution in [0, 0.1) is 0 Å². The molecule has 1 aliphatic heterocycles. The molecule has 0 spiro atoms. The highest BCUT2D eigenvalue weighted by Gasteiger charge is 2.22. The lowest BCUT2D eigenvalue weighted by molar-refractivity contribution is 0.169. The Morgan fingerprint density at radius 2 is 2.17 bits per heavy atom. The second-order valence-corrected chi connectivity index (χ2v) is 6.89. The van der Waals surface area contributed by atoms with Crippen LogP contribution in [0.5, 0.6) is 0 Å². The normalized spacial score (nSPS) is 17.6. The molecule has 0 amide bonds. The molecule has 120 valence electrons. The zero-order chi connectivity index (χ0) is 15.8. The van der Waals surface area contributed by atoms with Crippen molar-refractivity contribution < 1.29 is 4.42 Å². The average Bonchev–Trinajstić information content (AvgIpc) is 3.24. The number of piperidine rings is 1. The molecule has 4 heterocycles. The van der Waals surface area contributed by atoms with Crippen LogP contribution in [0.3, 0.4) is 0 Å². The van der Waals surface area contributed by atoms with Crippen molar-refractivity contribution in [1.29, 1.82) is 0 Å². The molecular weight excluding hydrogens is 310 g/mol. The Morgan fingerprint density at radius 1 is 1.35 bits per heavy atom. The Morgan fingerprint density at radius 3 is 2.91 bits per heavy atom. The molecular formula is C17H19N3O2S. The second kappa shape index (κ2) is 5.94. The highest BCUT2D eigenvalue weighted by Crippen LogP contribution is 2.32. The number of nitrogens with zero attached hydrogens (tertiary/aromatic N) is 2. The third-order valence-corrected chi connectivity index (χ3v) is 5.46. The first-order chi connectivity index (χ1) is 11.2. The average molecular weight is 329 g/mol. The molecule has 1 saturated heterocycles. The molecule has 5 nitrogen and oxygen atoms in total. The third kappa shape index (κ3) is 2.62. The molecule has 6 heteroatoms. The molecule has 1 atom stereocenters. The topological polar surface area (TPSA) is 62.1 Å². The van der Waals surface area contributed by atoms with Crippen molar-refractivity contribution in [3.05, 3.63) is 40.0 Å². The Balaban J connectivity index is 1.75. The quantitative estimate of drug-likeness (QED) is 0.794. The second-order valence-electron chi connectivity index (χ2n) is 6.03. The van der Waals surface area contributed by atoms with E-state index in [1.54, 1.807) is 6.26 Å². The smallest absolute Gasteiger partial charge is 0.260 e. The minimum absolute atomic E-state index is 0.0819. The standard InChI is InChI=1S/C17H19N3O2S/c1-11(20-7-3-2-4-8-20)15-18-16(21)14-12(10-23-17(14)19-15)13-6-5-9-22-13/h5-6,9-11H,2-4,7-8H2,1H3,(H,18,19,21). The predicted octanol–water partition coefficient (Wildman–Crippen LogP) is 3.79. The van der Waals surface area contributed by atoms with E-state index in [-0.39, 0.29) is 11.6 Å². The molecule has 1 unspecified atom stereocenters. The first kappa shape index (κ1) is 14.7. The van der Waals surface area contributed by atoms with Crippen molar-refractivity contribution >= 4 is 21.6 Å². The van der Waals surface area contributed by atoms with Gasteiger partial charge in [-0.3, -0.25) is 9.69 Å². The van der Waals surface area contributed by atoms with Crippen LogP contribution in [0.15, 0.2) is 33.0 Å². The molecule has 0 aromatic carbocycles. The largest absolute Gasteiger partial charge is 0.464 e. The number of furan rings is 1. The number of rotatable bonds is 3. The van der Waals surface area contributed by atoms with Gasteiger partial charge in [-0.15, -0.1) is 11.3 Å². The molecule has 0 radical (unpaired) electrons. The third-order valence-electron chi connectivity index (χ3n) is 4.58. The molecule has 1 aliphatic rings. The Bertz CT molecular complexity index is 860. The maximum atomic E-state index is 12.6. The summed E-state index contributed by atoms with van der Waals surface area (Å²) in [4.78, 5) is 23.5. The van der Waals surface area contributed by atoms with Gasteiger partial charge in [-0.05, 0) is 45.0 Å². The number of hydrogen-bond donors (Lipinski definition) is 1. The first-order valence-electron chi connectivity index (χ1n) is 8.03. The van der Waals surface area contributed by atoms with Gasteiger partial charge in [0.15, 0.2) is 0 Å². The van der Waals surface area contributed by atoms with Crippen molar-refractivity contribution in [3.8, 4) is 11.3 Å². The summed E-state index contributed by atoms with van der Waals surface area (Å²) in [5, 5.41) is 2.57. The van der Waals surface area contributed by atoms with Gasteiger partial charge < -0.3 is 9.40 Å². The monoisotopic (exact) mass is 329 g/mol. The van der Waals surface area contributed by atoms with E-state index in [4.69, 9.17) is 9.40 Å². The SMILES string of the molecule is CC(c1nc2scc(-c3ccco3)c2c(=O)[nH]1)N1CCCCC1. The fourth-order valence-electron chi connectivity index (χ4n) is 3.26. The Kier molecular flexibility index (Phi) is 3.79. The summed E-state index contributed by atoms with van der Waals surface area (Å²) in [7, 11) is 0. The number of thiophene rings is 1. The van der Waals surface area contributed by atoms with Crippen molar-refractivity contribution in [3.63, 3.8) is 0 Å². The Labute approximate surface area is 138 Å². The predicted molar refractivity (Wildman–Crippen MR) is 91.8 cm³/mol. The minimum atomic E-state index is -0.0819. The summed E-state index contributed by atoms with van der Waals surface area (Å²) in [5.74, 6) is 1.47. The summed E-state index contributed by atoms with van der Waals surface area (Å²) in [6, 6.07) is 3.83. The maximum absolute atomic E-state index is 12.6. The van der Waals surface area contributed by atoms with Crippen LogP contribution in [0.1, 0.15) is 38.1 Å². The highest BCUT2D eigenvalue weighted by atomic mass is 32.1. The van der Waals surface area contributed by atoms with Crippen LogP contribution in [0.2, 0.25) is 0 Å². The van der Waals surface area contributed by atoms with Gasteiger partial charge in [0, 0.05) is 10.9 Å². The number of nitrogens with one attached hydrogen (secondary N) is 1. The summed E-state index contributed by atoms with van der Waals surface area (Å²) < 4.78 is 5.43. The van der Waals surface area contributed by atoms with Crippen molar-refractivity contribution in [2.45, 2.75) is 32.2 Å². The fraction of sp³-hybridized carbons (Fsp3) is 0.412. The van der Waals surface area contributed by atoms with Crippen LogP contribution in [0.25, 0.3) is 21.5 Å². The number of H-pyrrole nitrogens is 1. The van der Waals surface area contributed by atoms with E-state index in [9.17, 15) is 4.79 Å². The molecule has 0 saturated carbocycles. The van der Waals surface area contributed by atoms with E-state index in [0.29, 0.717) is 11.1 Å². The number of hydrogen-bond acceptors (Lipinski definition) is 5. The van der Waals surface area contributed by atoms with Gasteiger partial charge in [-0.25, -0.2) is 4.98 Å². The van der Waals surface area contributed by atoms with Crippen molar-refractivity contribution in [2.75, 3.05) is 13.1 Å². The van der Waals surface area contributed by atoms with Gasteiger partial charge in [0.25, 0.3) is 5.56 Å². The van der Waals surface area contributed by atoms with Crippen LogP contribution in [-0.2, 0) is 0 Å². The van der Waals surface area contributed by atoms with E-state index in [1.165, 1.54) is 30.6 Å². The van der Waals surface area contributed by atoms with Crippen LogP contribution in [-0.4, -0.2) is 28.0 Å². The lowest BCUT2D eigenvalue weighted by atomic mass is 10.1. The summed E-state index contributed by atoms with van der Waals surface area (Å²) >= 11 is 1.49. The Hall–Kier alpha value is -1.92. The number of aromatic amines is 1. The number of likely N-dealkylation sites (tertiary alicyclic amines) is 1. The summed E-state index contributed by atoms with van der Waals surface area (Å²) in [5.41, 5.74) is 0.738. The zero-order valence-electron chi connectivity index (χ0n) is 13.0. The van der Waals surface area contributed by atoms with E-state index in [1.807, 2.05) is 17.5 Å². The number of fused-ring (bicyclic) bond motifs is 1. The number of aromatic nitrogens is 2. The van der Waals surface area contributed by atoms with Gasteiger partial charge in [0.05, 0.1) is 17.7 Å². The summed E-state index contributed by atoms with van der Waals surface area (Å²) in [6.45, 7) is 4.27. The minimum Gasteiger partial charge on any atom is -0.464 e. The molecule has 1 fully saturated rings. The molecule has 4 rings (SSSR count). The molecule has 3 aromatic rings. The lowest BCUT2D eigenvalue weighted by Crippen LogP contribution is -2.34. The van der Waals surface area contributed by atoms with Crippen LogP contribution in [0.4, 0.5) is 0 Å². The van der Waals surface area contributed by atoms with Gasteiger partial charge in [0.1, 0.15) is 16.4 Å². The van der Waals surface area contributed by atoms with Gasteiger partial charge >= 0.3 is 0 Å². The lowest BCUT2D eigenvalue weighted by Gasteiger charge is -2.31. The van der Waals surface area contributed by atoms with E-state index in [0.717, 1.165) is 29.3 Å². The van der Waals surface area contributed by atoms with Crippen molar-refractivity contribution in [1.82, 2.24) is 14.9 Å². The molecule has 1 N–H and O–H groups in total. The van der Waals surface area contributed by atoms with Crippen LogP contribution >= 0.6 is 11.3 Å². The highest BCUT2D eigenvalue weighted by molar-refractivity contribution is 7.17. The van der Waals surface area contributed by atoms with Crippen molar-refractivity contribution in [2.24, 2.45) is 0 Å². The fourth-order valence-corrected chi connectivity index (χ4v) is 4.19. The van der Waals surface area contributed by atoms with Gasteiger partial charge in [-0.1, -0.05) is 6.42 Å². The van der Waals surface area contributed by atoms with Gasteiger partial charge in [0.2, 0.25) is 0 Å². The molecule has 23 heavy (non-hydrogen) atoms. The van der Waals surface area contributed by atoms with E-state index >= 15 is 0 Å². The van der Waals surface area contributed by atoms with E-state index < -0.39 is 0 Å². The summed E-state index contributed by atoms with van der Waals surface area (Å²) in [6.07, 6.45) is 5.35. The maximum Gasteiger partial charge on any atom is 0.260 e. The first-order valence-corrected chi connectivity index (χ1v) is 8.91. The molecule has 3 aromatic heterocycles. The molecule has 0 aliphatic carbocycles. The zero-order valence-corrected chi connectivity index (χ0v) is 13.9. The van der Waals surface area contributed by atoms with E-state index in [2.05, 4.69) is 16.8 Å².